The maximum absolute atomic E-state index is 13.5. The Morgan fingerprint density at radius 2 is 2.19 bits per heavy atom. The van der Waals surface area contributed by atoms with E-state index in [1.165, 1.54) is 6.07 Å². The molecule has 0 spiro atoms. The lowest BCUT2D eigenvalue weighted by molar-refractivity contribution is 0.607. The van der Waals surface area contributed by atoms with Gasteiger partial charge in [-0.3, -0.25) is 0 Å². The van der Waals surface area contributed by atoms with E-state index in [2.05, 4.69) is 31.6 Å². The van der Waals surface area contributed by atoms with Crippen LogP contribution in [0.5, 0.6) is 0 Å². The Hall–Kier alpha value is -1.53. The van der Waals surface area contributed by atoms with E-state index in [1.807, 2.05) is 18.2 Å². The molecule has 0 saturated heterocycles. The minimum absolute atomic E-state index is 0.188. The molecule has 0 aromatic heterocycles. The summed E-state index contributed by atoms with van der Waals surface area (Å²) in [5.74, 6) is 0.579. The van der Waals surface area contributed by atoms with Gasteiger partial charge in [0, 0.05) is 23.6 Å². The lowest BCUT2D eigenvalue weighted by Gasteiger charge is -2.11. The Morgan fingerprint density at radius 3 is 3.00 bits per heavy atom. The molecule has 1 aliphatic rings. The maximum atomic E-state index is 13.5. The van der Waals surface area contributed by atoms with Crippen LogP contribution in [0.2, 0.25) is 0 Å². The highest BCUT2D eigenvalue weighted by Gasteiger charge is 2.04. The van der Waals surface area contributed by atoms with Gasteiger partial charge in [0.1, 0.15) is 11.7 Å². The second kappa shape index (κ2) is 8.05. The normalized spacial score (nSPS) is 14.0. The lowest BCUT2D eigenvalue weighted by atomic mass is 10.1. The standard InChI is InChI=1S/C15H15BrFN3S/c16-12-5-3-7-14(19-10-12)20-15(21)18-9-8-11-4-1-2-6-13(11)17/h1-6,10H,7-9H2,(H2,18,19,20,21). The number of thiocarbonyl (C=S) groups is 1. The van der Waals surface area contributed by atoms with Crippen LogP contribution in [0.15, 0.2) is 52.1 Å². The predicted octanol–water partition coefficient (Wildman–Crippen LogP) is 3.43. The first kappa shape index (κ1) is 15.9. The summed E-state index contributed by atoms with van der Waals surface area (Å²) in [5.41, 5.74) is 0.675. The Balaban J connectivity index is 1.78. The van der Waals surface area contributed by atoms with Gasteiger partial charge in [0.05, 0.1) is 0 Å². The van der Waals surface area contributed by atoms with Crippen molar-refractivity contribution in [1.82, 2.24) is 10.6 Å². The molecular weight excluding hydrogens is 353 g/mol. The molecule has 1 aliphatic heterocycles. The summed E-state index contributed by atoms with van der Waals surface area (Å²) in [4.78, 5) is 4.27. The molecule has 0 atom stereocenters. The summed E-state index contributed by atoms with van der Waals surface area (Å²) in [6, 6.07) is 6.74. The monoisotopic (exact) mass is 367 g/mol. The summed E-state index contributed by atoms with van der Waals surface area (Å²) in [6.45, 7) is 0.565. The van der Waals surface area contributed by atoms with Gasteiger partial charge in [-0.15, -0.1) is 0 Å². The molecule has 1 heterocycles. The zero-order valence-electron chi connectivity index (χ0n) is 11.3. The third-order valence-corrected chi connectivity index (χ3v) is 3.54. The molecule has 0 fully saturated rings. The van der Waals surface area contributed by atoms with Gasteiger partial charge < -0.3 is 10.6 Å². The lowest BCUT2D eigenvalue weighted by Crippen LogP contribution is -2.39. The highest BCUT2D eigenvalue weighted by Crippen LogP contribution is 2.10. The van der Waals surface area contributed by atoms with Gasteiger partial charge in [0.2, 0.25) is 0 Å². The van der Waals surface area contributed by atoms with Crippen molar-refractivity contribution in [2.45, 2.75) is 12.8 Å². The molecule has 6 heteroatoms. The average Bonchev–Trinajstić information content (AvgIpc) is 2.66. The van der Waals surface area contributed by atoms with Crippen molar-refractivity contribution < 1.29 is 4.39 Å². The second-order valence-electron chi connectivity index (χ2n) is 4.42. The first-order valence-corrected chi connectivity index (χ1v) is 7.72. The van der Waals surface area contributed by atoms with E-state index in [9.17, 15) is 4.39 Å². The number of hydrogen-bond acceptors (Lipinski definition) is 2. The SMILES string of the molecule is Fc1ccccc1CCNC(=S)NC1=NC=C(Br)C=CC1. The Labute approximate surface area is 137 Å². The largest absolute Gasteiger partial charge is 0.362 e. The summed E-state index contributed by atoms with van der Waals surface area (Å²) in [7, 11) is 0. The third kappa shape index (κ3) is 5.40. The fourth-order valence-corrected chi connectivity index (χ4v) is 2.30. The van der Waals surface area contributed by atoms with Crippen molar-refractivity contribution in [3.8, 4) is 0 Å². The Morgan fingerprint density at radius 1 is 1.38 bits per heavy atom. The Kier molecular flexibility index (Phi) is 6.07. The van der Waals surface area contributed by atoms with Crippen LogP contribution < -0.4 is 10.6 Å². The van der Waals surface area contributed by atoms with Crippen molar-refractivity contribution in [2.75, 3.05) is 6.54 Å². The van der Waals surface area contributed by atoms with Crippen LogP contribution in [-0.2, 0) is 6.42 Å². The minimum atomic E-state index is -0.188. The van der Waals surface area contributed by atoms with Gasteiger partial charge in [-0.1, -0.05) is 24.3 Å². The predicted molar refractivity (Wildman–Crippen MR) is 92.0 cm³/mol. The van der Waals surface area contributed by atoms with Crippen LogP contribution >= 0.6 is 28.1 Å². The second-order valence-corrected chi connectivity index (χ2v) is 5.74. The number of nitrogens with zero attached hydrogens (tertiary/aromatic N) is 1. The molecule has 0 saturated carbocycles. The zero-order chi connectivity index (χ0) is 15.1. The summed E-state index contributed by atoms with van der Waals surface area (Å²) < 4.78 is 14.4. The van der Waals surface area contributed by atoms with Crippen molar-refractivity contribution in [2.24, 2.45) is 4.99 Å². The van der Waals surface area contributed by atoms with E-state index in [1.54, 1.807) is 18.3 Å². The van der Waals surface area contributed by atoms with Crippen LogP contribution in [0.3, 0.4) is 0 Å². The van der Waals surface area contributed by atoms with E-state index in [-0.39, 0.29) is 5.82 Å². The maximum Gasteiger partial charge on any atom is 0.171 e. The summed E-state index contributed by atoms with van der Waals surface area (Å²) >= 11 is 8.57. The number of benzene rings is 1. The number of nitrogens with one attached hydrogen (secondary N) is 2. The summed E-state index contributed by atoms with van der Waals surface area (Å²) in [5, 5.41) is 6.58. The van der Waals surface area contributed by atoms with E-state index >= 15 is 0 Å². The van der Waals surface area contributed by atoms with Gasteiger partial charge in [-0.25, -0.2) is 9.38 Å². The van der Waals surface area contributed by atoms with E-state index < -0.39 is 0 Å². The van der Waals surface area contributed by atoms with Crippen molar-refractivity contribution in [3.63, 3.8) is 0 Å². The van der Waals surface area contributed by atoms with Crippen molar-refractivity contribution >= 4 is 39.1 Å². The van der Waals surface area contributed by atoms with Crippen molar-refractivity contribution in [1.29, 1.82) is 0 Å². The number of hydrogen-bond donors (Lipinski definition) is 2. The first-order valence-electron chi connectivity index (χ1n) is 6.52. The van der Waals surface area contributed by atoms with Crippen LogP contribution in [0.25, 0.3) is 0 Å². The zero-order valence-corrected chi connectivity index (χ0v) is 13.7. The van der Waals surface area contributed by atoms with E-state index in [0.717, 1.165) is 10.3 Å². The fourth-order valence-electron chi connectivity index (χ4n) is 1.79. The number of halogens is 2. The molecule has 110 valence electrons. The van der Waals surface area contributed by atoms with Crippen LogP contribution in [0.1, 0.15) is 12.0 Å². The number of rotatable bonds is 3. The smallest absolute Gasteiger partial charge is 0.171 e. The third-order valence-electron chi connectivity index (χ3n) is 2.83. The first-order chi connectivity index (χ1) is 10.1. The van der Waals surface area contributed by atoms with Gasteiger partial charge in [0.25, 0.3) is 0 Å². The van der Waals surface area contributed by atoms with Crippen LogP contribution in [0, 0.1) is 5.82 Å². The average molecular weight is 368 g/mol. The highest BCUT2D eigenvalue weighted by atomic mass is 79.9. The topological polar surface area (TPSA) is 36.4 Å². The van der Waals surface area contributed by atoms with E-state index in [0.29, 0.717) is 30.1 Å². The quantitative estimate of drug-likeness (QED) is 0.803. The molecule has 1 aromatic carbocycles. The molecule has 0 unspecified atom stereocenters. The Bertz CT molecular complexity index is 611. The number of aliphatic imine (C=N–C) groups is 1. The molecule has 2 N–H and O–H groups in total. The molecule has 21 heavy (non-hydrogen) atoms. The van der Waals surface area contributed by atoms with Gasteiger partial charge in [-0.05, 0) is 52.3 Å². The molecule has 0 aliphatic carbocycles. The fraction of sp³-hybridized carbons (Fsp3) is 0.200. The van der Waals surface area contributed by atoms with Gasteiger partial charge in [0.15, 0.2) is 5.11 Å². The van der Waals surface area contributed by atoms with Gasteiger partial charge >= 0.3 is 0 Å². The van der Waals surface area contributed by atoms with E-state index in [4.69, 9.17) is 12.2 Å². The number of amidine groups is 1. The summed E-state index contributed by atoms with van der Waals surface area (Å²) in [6.07, 6.45) is 6.90. The molecule has 1 aromatic rings. The van der Waals surface area contributed by atoms with Crippen molar-refractivity contribution in [3.05, 3.63) is 58.5 Å². The number of allylic oxidation sites excluding steroid dienone is 2. The molecule has 0 radical (unpaired) electrons. The molecule has 2 rings (SSSR count). The molecular formula is C15H15BrFN3S. The van der Waals surface area contributed by atoms with Crippen LogP contribution in [-0.4, -0.2) is 17.5 Å². The molecule has 0 bridgehead atoms. The van der Waals surface area contributed by atoms with Crippen LogP contribution in [0.4, 0.5) is 4.39 Å². The molecule has 0 amide bonds. The highest BCUT2D eigenvalue weighted by molar-refractivity contribution is 9.11. The minimum Gasteiger partial charge on any atom is -0.362 e. The molecule has 3 nitrogen and oxygen atoms in total. The van der Waals surface area contributed by atoms with Gasteiger partial charge in [-0.2, -0.15) is 0 Å².